The lowest BCUT2D eigenvalue weighted by molar-refractivity contribution is -0.155. The molecule has 17 heavy (non-hydrogen) atoms. The van der Waals surface area contributed by atoms with E-state index in [1.54, 1.807) is 0 Å². The van der Waals surface area contributed by atoms with Gasteiger partial charge in [-0.3, -0.25) is 0 Å². The largest absolute Gasteiger partial charge is 0.409 e. The van der Waals surface area contributed by atoms with E-state index < -0.39 is 24.5 Å². The van der Waals surface area contributed by atoms with Gasteiger partial charge < -0.3 is 21.0 Å². The van der Waals surface area contributed by atoms with E-state index in [2.05, 4.69) is 10.5 Å². The van der Waals surface area contributed by atoms with Gasteiger partial charge in [-0.05, 0) is 12.8 Å². The van der Waals surface area contributed by atoms with E-state index in [0.717, 1.165) is 12.8 Å². The molecule has 0 radical (unpaired) electrons. The second kappa shape index (κ2) is 6.06. The van der Waals surface area contributed by atoms with Gasteiger partial charge in [-0.25, -0.2) is 0 Å². The molecule has 0 aromatic rings. The number of amidine groups is 1. The molecular weight excluding hydrogens is 239 g/mol. The summed E-state index contributed by atoms with van der Waals surface area (Å²) in [5.74, 6) is -2.81. The highest BCUT2D eigenvalue weighted by Gasteiger charge is 2.42. The van der Waals surface area contributed by atoms with Crippen LogP contribution in [0.1, 0.15) is 12.8 Å². The lowest BCUT2D eigenvalue weighted by Gasteiger charge is -2.20. The summed E-state index contributed by atoms with van der Waals surface area (Å²) in [6.45, 7) is 0.569. The molecule has 1 heterocycles. The molecule has 0 amide bonds. The van der Waals surface area contributed by atoms with Crippen molar-refractivity contribution in [1.82, 2.24) is 5.32 Å². The summed E-state index contributed by atoms with van der Waals surface area (Å²) in [5, 5.41) is 13.3. The second-order valence-electron chi connectivity index (χ2n) is 3.91. The molecule has 0 aromatic heterocycles. The van der Waals surface area contributed by atoms with Crippen LogP contribution >= 0.6 is 0 Å². The van der Waals surface area contributed by atoms with Crippen molar-refractivity contribution < 1.29 is 23.1 Å². The van der Waals surface area contributed by atoms with Crippen LogP contribution in [0.5, 0.6) is 0 Å². The number of halogens is 3. The Morgan fingerprint density at radius 2 is 2.29 bits per heavy atom. The Kier molecular flexibility index (Phi) is 5.01. The number of hydrogen-bond donors (Lipinski definition) is 3. The summed E-state index contributed by atoms with van der Waals surface area (Å²) in [5.41, 5.74) is 5.01. The van der Waals surface area contributed by atoms with E-state index in [9.17, 15) is 13.2 Å². The predicted molar refractivity (Wildman–Crippen MR) is 54.8 cm³/mol. The molecule has 8 heteroatoms. The maximum Gasteiger partial charge on any atom is 0.400 e. The maximum absolute atomic E-state index is 12.5. The molecular formula is C9H16F3N3O2. The first-order valence-corrected chi connectivity index (χ1v) is 5.31. The molecule has 0 saturated carbocycles. The minimum atomic E-state index is -4.53. The number of nitrogens with zero attached hydrogens (tertiary/aromatic N) is 1. The number of hydrogen-bond acceptors (Lipinski definition) is 4. The van der Waals surface area contributed by atoms with Gasteiger partial charge in [0.1, 0.15) is 5.92 Å². The third kappa shape index (κ3) is 4.39. The first-order chi connectivity index (χ1) is 7.95. The van der Waals surface area contributed by atoms with E-state index in [-0.39, 0.29) is 6.10 Å². The third-order valence-corrected chi connectivity index (χ3v) is 2.61. The Morgan fingerprint density at radius 1 is 1.59 bits per heavy atom. The highest BCUT2D eigenvalue weighted by Crippen LogP contribution is 2.25. The van der Waals surface area contributed by atoms with Crippen molar-refractivity contribution in [3.63, 3.8) is 0 Å². The van der Waals surface area contributed by atoms with Crippen molar-refractivity contribution >= 4 is 5.84 Å². The van der Waals surface area contributed by atoms with Crippen molar-refractivity contribution in [2.24, 2.45) is 16.8 Å². The van der Waals surface area contributed by atoms with Gasteiger partial charge in [0.2, 0.25) is 0 Å². The molecule has 1 saturated heterocycles. The van der Waals surface area contributed by atoms with Gasteiger partial charge in [0, 0.05) is 19.7 Å². The highest BCUT2D eigenvalue weighted by molar-refractivity contribution is 5.83. The topological polar surface area (TPSA) is 79.9 Å². The second-order valence-corrected chi connectivity index (χ2v) is 3.91. The van der Waals surface area contributed by atoms with Crippen LogP contribution in [0.15, 0.2) is 5.16 Å². The predicted octanol–water partition coefficient (Wildman–Crippen LogP) is 0.680. The van der Waals surface area contributed by atoms with Gasteiger partial charge in [-0.1, -0.05) is 5.16 Å². The fourth-order valence-corrected chi connectivity index (χ4v) is 1.65. The van der Waals surface area contributed by atoms with Crippen LogP contribution in [0, 0.1) is 5.92 Å². The van der Waals surface area contributed by atoms with Gasteiger partial charge in [0.25, 0.3) is 0 Å². The number of alkyl halides is 3. The SMILES string of the molecule is NC(=NO)C(CNCC1CCCO1)C(F)(F)F. The first kappa shape index (κ1) is 14.0. The number of ether oxygens (including phenoxy) is 1. The van der Waals surface area contributed by atoms with Crippen LogP contribution in [-0.4, -0.2) is 43.0 Å². The van der Waals surface area contributed by atoms with E-state index >= 15 is 0 Å². The Balaban J connectivity index is 2.38. The Labute approximate surface area is 96.8 Å². The molecule has 4 N–H and O–H groups in total. The molecule has 5 nitrogen and oxygen atoms in total. The quantitative estimate of drug-likeness (QED) is 0.292. The molecule has 2 unspecified atom stereocenters. The summed E-state index contributed by atoms with van der Waals surface area (Å²) in [6.07, 6.45) is -2.81. The smallest absolute Gasteiger partial charge is 0.400 e. The molecule has 0 aliphatic carbocycles. The fraction of sp³-hybridized carbons (Fsp3) is 0.889. The maximum atomic E-state index is 12.5. The minimum Gasteiger partial charge on any atom is -0.409 e. The fourth-order valence-electron chi connectivity index (χ4n) is 1.65. The van der Waals surface area contributed by atoms with Crippen LogP contribution in [0.3, 0.4) is 0 Å². The molecule has 0 aromatic carbocycles. The van der Waals surface area contributed by atoms with Gasteiger partial charge in [0.05, 0.1) is 6.10 Å². The third-order valence-electron chi connectivity index (χ3n) is 2.61. The number of nitrogens with one attached hydrogen (secondary N) is 1. The van der Waals surface area contributed by atoms with Crippen LogP contribution < -0.4 is 11.1 Å². The molecule has 0 bridgehead atoms. The monoisotopic (exact) mass is 255 g/mol. The molecule has 1 aliphatic heterocycles. The number of nitrogens with two attached hydrogens (primary N) is 1. The van der Waals surface area contributed by atoms with Crippen molar-refractivity contribution in [1.29, 1.82) is 0 Å². The summed E-state index contributed by atoms with van der Waals surface area (Å²) in [6, 6.07) is 0. The van der Waals surface area contributed by atoms with Gasteiger partial charge >= 0.3 is 6.18 Å². The van der Waals surface area contributed by atoms with E-state index in [0.29, 0.717) is 13.2 Å². The van der Waals surface area contributed by atoms with E-state index in [4.69, 9.17) is 15.7 Å². The Bertz CT molecular complexity index is 265. The van der Waals surface area contributed by atoms with Crippen LogP contribution in [0.4, 0.5) is 13.2 Å². The number of oxime groups is 1. The van der Waals surface area contributed by atoms with Crippen molar-refractivity contribution in [3.8, 4) is 0 Å². The van der Waals surface area contributed by atoms with E-state index in [1.807, 2.05) is 0 Å². The van der Waals surface area contributed by atoms with Crippen molar-refractivity contribution in [2.45, 2.75) is 25.1 Å². The summed E-state index contributed by atoms with van der Waals surface area (Å²) < 4.78 is 42.8. The first-order valence-electron chi connectivity index (χ1n) is 5.31. The highest BCUT2D eigenvalue weighted by atomic mass is 19.4. The zero-order valence-electron chi connectivity index (χ0n) is 9.20. The van der Waals surface area contributed by atoms with Crippen LogP contribution in [0.2, 0.25) is 0 Å². The summed E-state index contributed by atoms with van der Waals surface area (Å²) in [4.78, 5) is 0. The molecule has 1 aliphatic rings. The average Bonchev–Trinajstić information content (AvgIpc) is 2.74. The van der Waals surface area contributed by atoms with E-state index in [1.165, 1.54) is 0 Å². The lowest BCUT2D eigenvalue weighted by atomic mass is 10.1. The van der Waals surface area contributed by atoms with Crippen LogP contribution in [-0.2, 0) is 4.74 Å². The Hall–Kier alpha value is -1.02. The Morgan fingerprint density at radius 3 is 2.76 bits per heavy atom. The average molecular weight is 255 g/mol. The zero-order valence-corrected chi connectivity index (χ0v) is 9.20. The lowest BCUT2D eigenvalue weighted by Crippen LogP contribution is -2.44. The summed E-state index contributed by atoms with van der Waals surface area (Å²) >= 11 is 0. The zero-order chi connectivity index (χ0) is 12.9. The standard InChI is InChI=1S/C9H16F3N3O2/c10-9(11,12)7(8(13)15-16)5-14-4-6-2-1-3-17-6/h6-7,14,16H,1-5H2,(H2,13,15). The molecule has 0 spiro atoms. The molecule has 2 atom stereocenters. The van der Waals surface area contributed by atoms with Gasteiger partial charge in [-0.2, -0.15) is 13.2 Å². The van der Waals surface area contributed by atoms with Crippen LogP contribution in [0.25, 0.3) is 0 Å². The van der Waals surface area contributed by atoms with Crippen molar-refractivity contribution in [2.75, 3.05) is 19.7 Å². The van der Waals surface area contributed by atoms with Gasteiger partial charge in [-0.15, -0.1) is 0 Å². The summed E-state index contributed by atoms with van der Waals surface area (Å²) in [7, 11) is 0. The van der Waals surface area contributed by atoms with Gasteiger partial charge in [0.15, 0.2) is 5.84 Å². The minimum absolute atomic E-state index is 0.0452. The molecule has 100 valence electrons. The van der Waals surface area contributed by atoms with Crippen molar-refractivity contribution in [3.05, 3.63) is 0 Å². The molecule has 1 fully saturated rings. The number of rotatable bonds is 5. The molecule has 1 rings (SSSR count). The normalized spacial score (nSPS) is 23.9.